The van der Waals surface area contributed by atoms with E-state index in [4.69, 9.17) is 12.2 Å². The Morgan fingerprint density at radius 2 is 2.20 bits per heavy atom. The second kappa shape index (κ2) is 4.08. The van der Waals surface area contributed by atoms with Crippen molar-refractivity contribution in [2.75, 3.05) is 7.05 Å². The van der Waals surface area contributed by atoms with Crippen molar-refractivity contribution in [1.82, 2.24) is 4.90 Å². The Hall–Kier alpha value is -0.0451. The molecular weight excluding hydrogens is 201 g/mol. The fourth-order valence-corrected chi connectivity index (χ4v) is 3.76. The quantitative estimate of drug-likeness (QED) is 0.458. The molecule has 0 aromatic heterocycles. The minimum atomic E-state index is 0.532. The topological polar surface area (TPSA) is 3.24 Å². The van der Waals surface area contributed by atoms with E-state index in [0.29, 0.717) is 5.31 Å². The second-order valence-electron chi connectivity index (χ2n) is 6.15. The molecule has 0 bridgehead atoms. The smallest absolute Gasteiger partial charge is 0.109 e. The van der Waals surface area contributed by atoms with Crippen LogP contribution in [-0.2, 0) is 0 Å². The zero-order chi connectivity index (χ0) is 11.1. The Morgan fingerprint density at radius 1 is 1.47 bits per heavy atom. The van der Waals surface area contributed by atoms with Crippen molar-refractivity contribution in [3.8, 4) is 0 Å². The Balaban J connectivity index is 2.13. The van der Waals surface area contributed by atoms with Crippen LogP contribution in [0, 0.1) is 5.92 Å². The summed E-state index contributed by atoms with van der Waals surface area (Å²) < 4.78 is 0. The molecule has 1 aliphatic heterocycles. The molecule has 1 saturated carbocycles. The molecule has 0 aromatic carbocycles. The summed E-state index contributed by atoms with van der Waals surface area (Å²) >= 11 is 5.45. The number of hydrogen-bond acceptors (Lipinski definition) is 1. The molecule has 1 nitrogen and oxygen atoms in total. The average Bonchev–Trinajstić information content (AvgIpc) is 2.35. The van der Waals surface area contributed by atoms with E-state index < -0.39 is 0 Å². The van der Waals surface area contributed by atoms with Gasteiger partial charge in [-0.25, -0.2) is 0 Å². The standard InChI is InChI=1S/C12H22BNS/c1-12(13)6-4-3-5-10-9(8-12)7-11(15)14(10)2/h9-10H,3-8,13H2,1-2H3. The van der Waals surface area contributed by atoms with Gasteiger partial charge < -0.3 is 4.90 Å². The first kappa shape index (κ1) is 11.4. The van der Waals surface area contributed by atoms with E-state index >= 15 is 0 Å². The zero-order valence-corrected chi connectivity index (χ0v) is 11.1. The predicted octanol–water partition coefficient (Wildman–Crippen LogP) is 2.41. The molecule has 84 valence electrons. The highest BCUT2D eigenvalue weighted by Crippen LogP contribution is 2.44. The average molecular weight is 223 g/mol. The maximum absolute atomic E-state index is 5.45. The van der Waals surface area contributed by atoms with Crippen LogP contribution in [0.3, 0.4) is 0 Å². The van der Waals surface area contributed by atoms with Crippen LogP contribution in [0.2, 0.25) is 5.31 Å². The number of fused-ring (bicyclic) bond motifs is 1. The Morgan fingerprint density at radius 3 is 2.93 bits per heavy atom. The lowest BCUT2D eigenvalue weighted by Crippen LogP contribution is -2.33. The van der Waals surface area contributed by atoms with Crippen molar-refractivity contribution in [3.63, 3.8) is 0 Å². The van der Waals surface area contributed by atoms with E-state index in [1.165, 1.54) is 43.5 Å². The van der Waals surface area contributed by atoms with Crippen LogP contribution in [-0.4, -0.2) is 30.8 Å². The molecular formula is C12H22BNS. The molecule has 3 atom stereocenters. The molecule has 15 heavy (non-hydrogen) atoms. The Bertz CT molecular complexity index is 264. The van der Waals surface area contributed by atoms with Gasteiger partial charge in [-0.3, -0.25) is 0 Å². The summed E-state index contributed by atoms with van der Waals surface area (Å²) in [4.78, 5) is 3.57. The maximum Gasteiger partial charge on any atom is 0.109 e. The van der Waals surface area contributed by atoms with E-state index in [0.717, 1.165) is 12.0 Å². The lowest BCUT2D eigenvalue weighted by atomic mass is 9.60. The van der Waals surface area contributed by atoms with Gasteiger partial charge in [-0.15, -0.1) is 0 Å². The van der Waals surface area contributed by atoms with Crippen LogP contribution in [0.5, 0.6) is 0 Å². The van der Waals surface area contributed by atoms with Crippen molar-refractivity contribution in [2.45, 2.75) is 56.8 Å². The van der Waals surface area contributed by atoms with E-state index in [1.807, 2.05) is 0 Å². The molecule has 0 amide bonds. The fourth-order valence-electron chi connectivity index (χ4n) is 3.41. The number of hydrogen-bond donors (Lipinski definition) is 0. The minimum absolute atomic E-state index is 0.532. The molecule has 1 heterocycles. The molecule has 1 aliphatic carbocycles. The van der Waals surface area contributed by atoms with Crippen LogP contribution in [0.15, 0.2) is 0 Å². The number of thiocarbonyl (C=S) groups is 1. The number of likely N-dealkylation sites (tertiary alicyclic amines) is 1. The van der Waals surface area contributed by atoms with Crippen molar-refractivity contribution in [3.05, 3.63) is 0 Å². The van der Waals surface area contributed by atoms with Crippen molar-refractivity contribution in [1.29, 1.82) is 0 Å². The molecule has 2 aliphatic rings. The molecule has 2 rings (SSSR count). The van der Waals surface area contributed by atoms with Gasteiger partial charge in [0.2, 0.25) is 0 Å². The van der Waals surface area contributed by atoms with Crippen molar-refractivity contribution < 1.29 is 0 Å². The second-order valence-corrected chi connectivity index (χ2v) is 6.62. The van der Waals surface area contributed by atoms with Gasteiger partial charge in [-0.05, 0) is 18.8 Å². The van der Waals surface area contributed by atoms with Gasteiger partial charge >= 0.3 is 0 Å². The third-order valence-corrected chi connectivity index (χ3v) is 4.74. The van der Waals surface area contributed by atoms with E-state index in [1.54, 1.807) is 0 Å². The molecule has 0 spiro atoms. The first-order valence-corrected chi connectivity index (χ1v) is 6.66. The highest BCUT2D eigenvalue weighted by Gasteiger charge is 2.38. The molecule has 2 fully saturated rings. The lowest BCUT2D eigenvalue weighted by molar-refractivity contribution is 0.236. The summed E-state index contributed by atoms with van der Waals surface area (Å²) in [6.45, 7) is 2.43. The number of rotatable bonds is 0. The molecule has 0 radical (unpaired) electrons. The SMILES string of the molecule is BC1(C)CCCCC2C(CC(=S)N2C)C1. The summed E-state index contributed by atoms with van der Waals surface area (Å²) in [5.74, 6) is 0.831. The minimum Gasteiger partial charge on any atom is -0.366 e. The summed E-state index contributed by atoms with van der Waals surface area (Å²) in [5.41, 5.74) is 0. The van der Waals surface area contributed by atoms with E-state index in [9.17, 15) is 0 Å². The predicted molar refractivity (Wildman–Crippen MR) is 72.3 cm³/mol. The first-order valence-electron chi connectivity index (χ1n) is 6.25. The molecule has 1 saturated heterocycles. The largest absolute Gasteiger partial charge is 0.366 e. The lowest BCUT2D eigenvalue weighted by Gasteiger charge is -2.35. The highest BCUT2D eigenvalue weighted by molar-refractivity contribution is 7.80. The zero-order valence-electron chi connectivity index (χ0n) is 10.3. The van der Waals surface area contributed by atoms with Gasteiger partial charge in [0.25, 0.3) is 0 Å². The van der Waals surface area contributed by atoms with Crippen LogP contribution in [0.4, 0.5) is 0 Å². The highest BCUT2D eigenvalue weighted by atomic mass is 32.1. The molecule has 3 heteroatoms. The molecule has 0 N–H and O–H groups in total. The fraction of sp³-hybridized carbons (Fsp3) is 0.917. The summed E-state index contributed by atoms with van der Waals surface area (Å²) in [7, 11) is 4.62. The van der Waals surface area contributed by atoms with E-state index in [2.05, 4.69) is 26.7 Å². The summed E-state index contributed by atoms with van der Waals surface area (Å²) in [6.07, 6.45) is 8.07. The van der Waals surface area contributed by atoms with Gasteiger partial charge in [-0.1, -0.05) is 43.7 Å². The Kier molecular flexibility index (Phi) is 3.11. The van der Waals surface area contributed by atoms with Crippen LogP contribution < -0.4 is 0 Å². The first-order chi connectivity index (χ1) is 6.99. The molecule has 0 aromatic rings. The third kappa shape index (κ3) is 2.38. The Labute approximate surface area is 100 Å². The van der Waals surface area contributed by atoms with Gasteiger partial charge in [0, 0.05) is 19.5 Å². The van der Waals surface area contributed by atoms with E-state index in [-0.39, 0.29) is 0 Å². The number of nitrogens with zero attached hydrogens (tertiary/aromatic N) is 1. The van der Waals surface area contributed by atoms with Crippen LogP contribution >= 0.6 is 12.2 Å². The van der Waals surface area contributed by atoms with Gasteiger partial charge in [0.05, 0.1) is 4.99 Å². The van der Waals surface area contributed by atoms with Crippen molar-refractivity contribution in [2.24, 2.45) is 5.92 Å². The van der Waals surface area contributed by atoms with Crippen LogP contribution in [0.25, 0.3) is 0 Å². The van der Waals surface area contributed by atoms with Crippen LogP contribution in [0.1, 0.15) is 45.4 Å². The van der Waals surface area contributed by atoms with Crippen molar-refractivity contribution >= 4 is 25.1 Å². The molecule has 3 unspecified atom stereocenters. The summed E-state index contributed by atoms with van der Waals surface area (Å²) in [6, 6.07) is 0.747. The van der Waals surface area contributed by atoms with Gasteiger partial charge in [-0.2, -0.15) is 0 Å². The van der Waals surface area contributed by atoms with Gasteiger partial charge in [0.15, 0.2) is 0 Å². The monoisotopic (exact) mass is 223 g/mol. The third-order valence-electron chi connectivity index (χ3n) is 4.29. The van der Waals surface area contributed by atoms with Gasteiger partial charge in [0.1, 0.15) is 7.85 Å². The normalized spacial score (nSPS) is 42.3. The maximum atomic E-state index is 5.45. The summed E-state index contributed by atoms with van der Waals surface area (Å²) in [5, 5.41) is 0.532.